The molecule has 2 N–H and O–H groups in total. The number of hydrogen-bond donors (Lipinski definition) is 1. The lowest BCUT2D eigenvalue weighted by Gasteiger charge is -2.07. The van der Waals surface area contributed by atoms with Gasteiger partial charge in [0.2, 0.25) is 5.96 Å². The molecule has 0 aliphatic heterocycles. The van der Waals surface area contributed by atoms with E-state index in [1.54, 1.807) is 13.2 Å². The Hall–Kier alpha value is -1.36. The van der Waals surface area contributed by atoms with Crippen LogP contribution in [0.5, 0.6) is 5.75 Å². The first kappa shape index (κ1) is 11.7. The predicted octanol–water partition coefficient (Wildman–Crippen LogP) is 2.41. The number of guanidine groups is 1. The molecule has 0 saturated heterocycles. The number of hydrogen-bond acceptors (Lipinski definition) is 2. The Balaban J connectivity index is 3.24. The highest BCUT2D eigenvalue weighted by Crippen LogP contribution is 2.32. The van der Waals surface area contributed by atoms with Gasteiger partial charge in [0, 0.05) is 6.07 Å². The molecule has 5 heteroatoms. The van der Waals surface area contributed by atoms with Gasteiger partial charge in [0.05, 0.1) is 17.3 Å². The average molecular weight is 270 g/mol. The van der Waals surface area contributed by atoms with Crippen LogP contribution in [0.4, 0.5) is 5.69 Å². The van der Waals surface area contributed by atoms with E-state index in [1.807, 2.05) is 13.0 Å². The topological polar surface area (TPSA) is 60.0 Å². The third kappa shape index (κ3) is 2.79. The molecule has 0 heterocycles. The first-order valence-corrected chi connectivity index (χ1v) is 5.02. The number of aryl methyl sites for hydroxylation is 1. The minimum absolute atomic E-state index is 0.141. The Labute approximate surface area is 97.0 Å². The van der Waals surface area contributed by atoms with Crippen molar-refractivity contribution in [3.63, 3.8) is 0 Å². The molecule has 80 valence electrons. The Bertz CT molecular complexity index is 415. The van der Waals surface area contributed by atoms with Crippen LogP contribution in [0.2, 0.25) is 0 Å². The summed E-state index contributed by atoms with van der Waals surface area (Å²) in [4.78, 5) is 7.62. The molecule has 0 aliphatic rings. The summed E-state index contributed by atoms with van der Waals surface area (Å²) in [5, 5.41) is 0. The summed E-state index contributed by atoms with van der Waals surface area (Å²) in [6.07, 6.45) is 0. The van der Waals surface area contributed by atoms with Crippen LogP contribution >= 0.6 is 15.9 Å². The Kier molecular flexibility index (Phi) is 3.85. The van der Waals surface area contributed by atoms with Crippen molar-refractivity contribution in [2.24, 2.45) is 15.7 Å². The molecule has 0 atom stereocenters. The van der Waals surface area contributed by atoms with Crippen molar-refractivity contribution in [1.29, 1.82) is 0 Å². The van der Waals surface area contributed by atoms with E-state index in [0.29, 0.717) is 5.75 Å². The normalized spacial score (nSPS) is 11.3. The Morgan fingerprint density at radius 3 is 2.73 bits per heavy atom. The number of halogens is 1. The van der Waals surface area contributed by atoms with Crippen molar-refractivity contribution in [1.82, 2.24) is 0 Å². The van der Waals surface area contributed by atoms with Gasteiger partial charge in [-0.1, -0.05) is 0 Å². The minimum Gasteiger partial charge on any atom is -0.495 e. The van der Waals surface area contributed by atoms with Gasteiger partial charge >= 0.3 is 0 Å². The molecule has 0 spiro atoms. The van der Waals surface area contributed by atoms with Gasteiger partial charge in [-0.15, -0.1) is 0 Å². The Morgan fingerprint density at radius 1 is 1.53 bits per heavy atom. The molecule has 0 aliphatic carbocycles. The molecule has 1 aromatic rings. The maximum Gasteiger partial charge on any atom is 0.219 e. The molecule has 4 nitrogen and oxygen atoms in total. The van der Waals surface area contributed by atoms with Crippen molar-refractivity contribution < 1.29 is 4.74 Å². The van der Waals surface area contributed by atoms with Gasteiger partial charge in [-0.05, 0) is 41.2 Å². The number of nitrogens with zero attached hydrogens (tertiary/aromatic N) is 2. The second-order valence-corrected chi connectivity index (χ2v) is 3.76. The lowest BCUT2D eigenvalue weighted by molar-refractivity contribution is 0.412. The minimum atomic E-state index is 0.141. The zero-order chi connectivity index (χ0) is 11.4. The fourth-order valence-electron chi connectivity index (χ4n) is 1.08. The number of methoxy groups -OCH3 is 1. The summed E-state index contributed by atoms with van der Waals surface area (Å²) in [6, 6.07) is 3.70. The van der Waals surface area contributed by atoms with E-state index < -0.39 is 0 Å². The number of ether oxygens (including phenoxy) is 1. The van der Waals surface area contributed by atoms with Crippen LogP contribution in [0.15, 0.2) is 26.6 Å². The number of aliphatic imine (C=N–C) groups is 2. The lowest BCUT2D eigenvalue weighted by atomic mass is 10.2. The zero-order valence-electron chi connectivity index (χ0n) is 8.62. The SMILES string of the molecule is C=NC(N)=Nc1cc(OC)c(Br)cc1C. The summed E-state index contributed by atoms with van der Waals surface area (Å²) in [6.45, 7) is 5.23. The standard InChI is InChI=1S/C10H12BrN3O/c1-6-4-7(11)9(15-3)5-8(6)14-10(12)13-2/h4-5H,2H2,1,3H3,(H2,12,14). The highest BCUT2D eigenvalue weighted by Gasteiger charge is 2.05. The van der Waals surface area contributed by atoms with E-state index in [-0.39, 0.29) is 5.96 Å². The van der Waals surface area contributed by atoms with Crippen molar-refractivity contribution in [2.45, 2.75) is 6.92 Å². The van der Waals surface area contributed by atoms with E-state index in [0.717, 1.165) is 15.7 Å². The van der Waals surface area contributed by atoms with E-state index in [4.69, 9.17) is 10.5 Å². The van der Waals surface area contributed by atoms with Crippen LogP contribution < -0.4 is 10.5 Å². The molecule has 15 heavy (non-hydrogen) atoms. The van der Waals surface area contributed by atoms with Crippen LogP contribution in [-0.2, 0) is 0 Å². The monoisotopic (exact) mass is 269 g/mol. The van der Waals surface area contributed by atoms with E-state index in [9.17, 15) is 0 Å². The van der Waals surface area contributed by atoms with E-state index in [1.165, 1.54) is 0 Å². The molecule has 0 amide bonds. The second kappa shape index (κ2) is 4.93. The van der Waals surface area contributed by atoms with Gasteiger partial charge in [-0.2, -0.15) is 0 Å². The van der Waals surface area contributed by atoms with E-state index >= 15 is 0 Å². The number of nitrogens with two attached hydrogens (primary N) is 1. The van der Waals surface area contributed by atoms with Crippen molar-refractivity contribution >= 4 is 34.3 Å². The van der Waals surface area contributed by atoms with Crippen LogP contribution in [0.25, 0.3) is 0 Å². The Morgan fingerprint density at radius 2 is 2.20 bits per heavy atom. The average Bonchev–Trinajstić information content (AvgIpc) is 2.21. The molecule has 0 unspecified atom stereocenters. The summed E-state index contributed by atoms with van der Waals surface area (Å²) in [7, 11) is 1.60. The van der Waals surface area contributed by atoms with Crippen LogP contribution in [0.3, 0.4) is 0 Å². The summed E-state index contributed by atoms with van der Waals surface area (Å²) in [5.74, 6) is 0.846. The van der Waals surface area contributed by atoms with Gasteiger partial charge in [0.15, 0.2) is 0 Å². The lowest BCUT2D eigenvalue weighted by Crippen LogP contribution is -2.06. The summed E-state index contributed by atoms with van der Waals surface area (Å²) in [5.41, 5.74) is 7.17. The highest BCUT2D eigenvalue weighted by atomic mass is 79.9. The first-order chi connectivity index (χ1) is 7.08. The zero-order valence-corrected chi connectivity index (χ0v) is 10.2. The summed E-state index contributed by atoms with van der Waals surface area (Å²) < 4.78 is 6.03. The molecule has 1 rings (SSSR count). The smallest absolute Gasteiger partial charge is 0.219 e. The third-order valence-corrected chi connectivity index (χ3v) is 2.49. The van der Waals surface area contributed by atoms with Gasteiger partial charge < -0.3 is 10.5 Å². The molecule has 0 bridgehead atoms. The quantitative estimate of drug-likeness (QED) is 0.662. The van der Waals surface area contributed by atoms with Gasteiger partial charge in [-0.3, -0.25) is 0 Å². The third-order valence-electron chi connectivity index (χ3n) is 1.87. The summed E-state index contributed by atoms with van der Waals surface area (Å²) >= 11 is 3.38. The largest absolute Gasteiger partial charge is 0.495 e. The molecule has 0 radical (unpaired) electrons. The van der Waals surface area contributed by atoms with Crippen LogP contribution in [-0.4, -0.2) is 19.8 Å². The predicted molar refractivity (Wildman–Crippen MR) is 66.3 cm³/mol. The van der Waals surface area contributed by atoms with Crippen molar-refractivity contribution in [2.75, 3.05) is 7.11 Å². The fraction of sp³-hybridized carbons (Fsp3) is 0.200. The number of rotatable bonds is 2. The van der Waals surface area contributed by atoms with Gasteiger partial charge in [0.1, 0.15) is 5.75 Å². The second-order valence-electron chi connectivity index (χ2n) is 2.90. The van der Waals surface area contributed by atoms with E-state index in [2.05, 4.69) is 32.6 Å². The number of benzene rings is 1. The van der Waals surface area contributed by atoms with Crippen molar-refractivity contribution in [3.05, 3.63) is 22.2 Å². The van der Waals surface area contributed by atoms with Crippen LogP contribution in [0, 0.1) is 6.92 Å². The fourth-order valence-corrected chi connectivity index (χ4v) is 1.70. The van der Waals surface area contributed by atoms with Crippen LogP contribution in [0.1, 0.15) is 5.56 Å². The highest BCUT2D eigenvalue weighted by molar-refractivity contribution is 9.10. The maximum atomic E-state index is 5.47. The maximum absolute atomic E-state index is 5.47. The molecule has 0 fully saturated rings. The van der Waals surface area contributed by atoms with Gasteiger partial charge in [-0.25, -0.2) is 9.98 Å². The molecular formula is C10H12BrN3O. The van der Waals surface area contributed by atoms with Crippen molar-refractivity contribution in [3.8, 4) is 5.75 Å². The first-order valence-electron chi connectivity index (χ1n) is 4.23. The van der Waals surface area contributed by atoms with Gasteiger partial charge in [0.25, 0.3) is 0 Å². The molecule has 1 aromatic carbocycles. The molecular weight excluding hydrogens is 258 g/mol. The molecule has 0 aromatic heterocycles. The molecule has 0 saturated carbocycles.